The molecule has 4 rings (SSSR count). The second-order valence-corrected chi connectivity index (χ2v) is 10.3. The summed E-state index contributed by atoms with van der Waals surface area (Å²) in [6.45, 7) is 4.60. The molecule has 2 aromatic rings. The maximum atomic E-state index is 16.2. The highest BCUT2D eigenvalue weighted by Gasteiger charge is 2.31. The van der Waals surface area contributed by atoms with Gasteiger partial charge >= 0.3 is 0 Å². The van der Waals surface area contributed by atoms with Crippen LogP contribution in [0.15, 0.2) is 42.5 Å². The lowest BCUT2D eigenvalue weighted by Crippen LogP contribution is -2.19. The van der Waals surface area contributed by atoms with Crippen LogP contribution in [-0.4, -0.2) is 0 Å². The predicted molar refractivity (Wildman–Crippen MR) is 131 cm³/mol. The van der Waals surface area contributed by atoms with E-state index in [1.54, 1.807) is 0 Å². The molecule has 1 heteroatoms. The number of hydrogen-bond donors (Lipinski definition) is 0. The summed E-state index contributed by atoms with van der Waals surface area (Å²) in [7, 11) is 0. The molecule has 0 unspecified atom stereocenters. The van der Waals surface area contributed by atoms with Crippen LogP contribution in [-0.2, 0) is 0 Å². The van der Waals surface area contributed by atoms with Crippen molar-refractivity contribution in [3.05, 3.63) is 59.4 Å². The van der Waals surface area contributed by atoms with Crippen LogP contribution in [0.5, 0.6) is 0 Å². The van der Waals surface area contributed by atoms with E-state index in [0.29, 0.717) is 11.8 Å². The van der Waals surface area contributed by atoms with Crippen molar-refractivity contribution in [2.45, 2.75) is 103 Å². The van der Waals surface area contributed by atoms with E-state index < -0.39 is 0 Å². The Morgan fingerprint density at radius 3 is 1.77 bits per heavy atom. The van der Waals surface area contributed by atoms with Crippen LogP contribution in [0.1, 0.15) is 114 Å². The van der Waals surface area contributed by atoms with Gasteiger partial charge in [0.15, 0.2) is 0 Å². The van der Waals surface area contributed by atoms with Crippen LogP contribution in [0.4, 0.5) is 4.39 Å². The molecule has 2 aromatic carbocycles. The molecule has 0 atom stereocenters. The molecule has 0 aromatic heterocycles. The molecular formula is C30H41F. The van der Waals surface area contributed by atoms with Crippen molar-refractivity contribution in [1.82, 2.24) is 0 Å². The van der Waals surface area contributed by atoms with E-state index in [-0.39, 0.29) is 5.82 Å². The number of benzene rings is 2. The zero-order chi connectivity index (χ0) is 21.6. The molecule has 0 bridgehead atoms. The Kier molecular flexibility index (Phi) is 7.86. The van der Waals surface area contributed by atoms with E-state index in [0.717, 1.165) is 41.4 Å². The van der Waals surface area contributed by atoms with E-state index >= 15 is 4.39 Å². The minimum atomic E-state index is 0.0818. The van der Waals surface area contributed by atoms with Gasteiger partial charge in [-0.25, -0.2) is 4.39 Å². The summed E-state index contributed by atoms with van der Waals surface area (Å²) in [5, 5.41) is 0. The van der Waals surface area contributed by atoms with Crippen LogP contribution >= 0.6 is 0 Å². The zero-order valence-corrected chi connectivity index (χ0v) is 19.7. The molecule has 0 nitrogen and oxygen atoms in total. The van der Waals surface area contributed by atoms with Crippen molar-refractivity contribution < 1.29 is 4.39 Å². The van der Waals surface area contributed by atoms with Gasteiger partial charge in [0.05, 0.1) is 0 Å². The molecule has 0 aliphatic heterocycles. The topological polar surface area (TPSA) is 0 Å². The molecule has 0 spiro atoms. The van der Waals surface area contributed by atoms with Gasteiger partial charge in [0.1, 0.15) is 5.82 Å². The van der Waals surface area contributed by atoms with Crippen LogP contribution < -0.4 is 0 Å². The van der Waals surface area contributed by atoms with Gasteiger partial charge < -0.3 is 0 Å². The summed E-state index contributed by atoms with van der Waals surface area (Å²) < 4.78 is 16.2. The molecule has 0 amide bonds. The lowest BCUT2D eigenvalue weighted by Gasteiger charge is -2.34. The van der Waals surface area contributed by atoms with Gasteiger partial charge in [-0.15, -0.1) is 0 Å². The van der Waals surface area contributed by atoms with Gasteiger partial charge in [-0.05, 0) is 91.7 Å². The van der Waals surface area contributed by atoms with Crippen LogP contribution in [0, 0.1) is 17.7 Å². The van der Waals surface area contributed by atoms with Gasteiger partial charge in [0.25, 0.3) is 0 Å². The molecule has 31 heavy (non-hydrogen) atoms. The Balaban J connectivity index is 1.64. The maximum absolute atomic E-state index is 16.2. The van der Waals surface area contributed by atoms with E-state index in [1.165, 1.54) is 69.8 Å². The average molecular weight is 421 g/mol. The highest BCUT2D eigenvalue weighted by Crippen LogP contribution is 2.46. The summed E-state index contributed by atoms with van der Waals surface area (Å²) in [5.41, 5.74) is 4.26. The summed E-state index contributed by atoms with van der Waals surface area (Å²) in [6, 6.07) is 14.5. The fourth-order valence-corrected chi connectivity index (χ4v) is 6.54. The molecule has 2 aliphatic rings. The van der Waals surface area contributed by atoms with E-state index in [4.69, 9.17) is 0 Å². The highest BCUT2D eigenvalue weighted by atomic mass is 19.1. The highest BCUT2D eigenvalue weighted by molar-refractivity contribution is 5.66. The van der Waals surface area contributed by atoms with Gasteiger partial charge in [-0.2, -0.15) is 0 Å². The first-order chi connectivity index (χ1) is 15.2. The molecule has 2 aliphatic carbocycles. The largest absolute Gasteiger partial charge is 0.206 e. The van der Waals surface area contributed by atoms with Gasteiger partial charge in [-0.3, -0.25) is 0 Å². The monoisotopic (exact) mass is 420 g/mol. The molecule has 2 saturated carbocycles. The first-order valence-corrected chi connectivity index (χ1v) is 13.1. The van der Waals surface area contributed by atoms with Gasteiger partial charge in [-0.1, -0.05) is 82.0 Å². The lowest BCUT2D eigenvalue weighted by molar-refractivity contribution is 0.293. The number of halogens is 1. The second-order valence-electron chi connectivity index (χ2n) is 10.3. The summed E-state index contributed by atoms with van der Waals surface area (Å²) in [6.07, 6.45) is 15.3. The van der Waals surface area contributed by atoms with E-state index in [1.807, 2.05) is 18.2 Å². The number of rotatable bonds is 7. The summed E-state index contributed by atoms with van der Waals surface area (Å²) >= 11 is 0. The molecule has 0 saturated heterocycles. The zero-order valence-electron chi connectivity index (χ0n) is 19.7. The van der Waals surface area contributed by atoms with Crippen molar-refractivity contribution in [2.75, 3.05) is 0 Å². The number of hydrogen-bond acceptors (Lipinski definition) is 0. The second kappa shape index (κ2) is 10.8. The fourth-order valence-electron chi connectivity index (χ4n) is 6.54. The third-order valence-electron chi connectivity index (χ3n) is 8.23. The Hall–Kier alpha value is -1.63. The molecule has 2 fully saturated rings. The average Bonchev–Trinajstić information content (AvgIpc) is 2.81. The predicted octanol–water partition coefficient (Wildman–Crippen LogP) is 9.64. The van der Waals surface area contributed by atoms with Crippen molar-refractivity contribution in [2.24, 2.45) is 11.8 Å². The normalized spacial score (nSPS) is 26.7. The van der Waals surface area contributed by atoms with Crippen molar-refractivity contribution >= 4 is 0 Å². The molecule has 168 valence electrons. The quantitative estimate of drug-likeness (QED) is 0.418. The minimum absolute atomic E-state index is 0.0818. The van der Waals surface area contributed by atoms with Crippen LogP contribution in [0.25, 0.3) is 11.1 Å². The maximum Gasteiger partial charge on any atom is 0.134 e. The van der Waals surface area contributed by atoms with E-state index in [2.05, 4.69) is 38.1 Å². The lowest BCUT2D eigenvalue weighted by atomic mass is 9.71. The third-order valence-corrected chi connectivity index (χ3v) is 8.23. The SMILES string of the molecule is CCCC1CCC(c2ccc(-c3ccccc3)c(F)c2C2CCC(CCC)CC2)CC1. The Bertz CT molecular complexity index is 808. The van der Waals surface area contributed by atoms with Crippen molar-refractivity contribution in [3.8, 4) is 11.1 Å². The fraction of sp³-hybridized carbons (Fsp3) is 0.600. The third kappa shape index (κ3) is 5.24. The Morgan fingerprint density at radius 2 is 1.23 bits per heavy atom. The van der Waals surface area contributed by atoms with Gasteiger partial charge in [0.2, 0.25) is 0 Å². The smallest absolute Gasteiger partial charge is 0.134 e. The van der Waals surface area contributed by atoms with Crippen LogP contribution in [0.2, 0.25) is 0 Å². The first kappa shape index (κ1) is 22.6. The first-order valence-electron chi connectivity index (χ1n) is 13.1. The van der Waals surface area contributed by atoms with Crippen LogP contribution in [0.3, 0.4) is 0 Å². The standard InChI is InChI=1S/C30H41F/c1-3-8-22-12-16-25(17-13-22)27-20-21-28(24-10-6-5-7-11-24)30(31)29(27)26-18-14-23(9-4-2)15-19-26/h5-7,10-11,20-23,25-26H,3-4,8-9,12-19H2,1-2H3. The van der Waals surface area contributed by atoms with Crippen molar-refractivity contribution in [1.29, 1.82) is 0 Å². The van der Waals surface area contributed by atoms with Crippen molar-refractivity contribution in [3.63, 3.8) is 0 Å². The molecule has 0 radical (unpaired) electrons. The van der Waals surface area contributed by atoms with Gasteiger partial charge in [0, 0.05) is 5.56 Å². The molecule has 0 N–H and O–H groups in total. The Labute approximate surface area is 189 Å². The Morgan fingerprint density at radius 1 is 0.677 bits per heavy atom. The minimum Gasteiger partial charge on any atom is -0.206 e. The van der Waals surface area contributed by atoms with E-state index in [9.17, 15) is 0 Å². The molecule has 0 heterocycles. The summed E-state index contributed by atoms with van der Waals surface area (Å²) in [4.78, 5) is 0. The summed E-state index contributed by atoms with van der Waals surface area (Å²) in [5.74, 6) is 2.78. The molecular weight excluding hydrogens is 379 g/mol.